The Hall–Kier alpha value is -0.870. The van der Waals surface area contributed by atoms with Crippen LogP contribution in [0, 0.1) is 5.92 Å². The monoisotopic (exact) mass is 324 g/mol. The Kier molecular flexibility index (Phi) is 4.99. The number of nitrogens with two attached hydrogens (primary N) is 1. The molecule has 0 aliphatic heterocycles. The number of halogens is 1. The van der Waals surface area contributed by atoms with E-state index in [1.54, 1.807) is 4.90 Å². The van der Waals surface area contributed by atoms with E-state index in [0.29, 0.717) is 18.9 Å². The number of amides is 1. The van der Waals surface area contributed by atoms with Gasteiger partial charge < -0.3 is 10.6 Å². The predicted molar refractivity (Wildman–Crippen MR) is 80.5 cm³/mol. The van der Waals surface area contributed by atoms with Crippen LogP contribution >= 0.6 is 15.9 Å². The van der Waals surface area contributed by atoms with Crippen LogP contribution in [-0.4, -0.2) is 23.9 Å². The standard InChI is InChI=1S/C15H21BrN2O/c1-18(10-12-5-2-3-7-13(12)16)15(19)9-11-6-4-8-14(11)17/h2-3,5,7,11,14H,4,6,8-10,17H2,1H3/t11-,14+/m0/s1. The molecule has 0 radical (unpaired) electrons. The summed E-state index contributed by atoms with van der Waals surface area (Å²) in [5.74, 6) is 0.562. The molecule has 2 N–H and O–H groups in total. The zero-order valence-corrected chi connectivity index (χ0v) is 12.9. The summed E-state index contributed by atoms with van der Waals surface area (Å²) >= 11 is 3.51. The first-order valence-corrected chi connectivity index (χ1v) is 7.60. The molecule has 1 saturated carbocycles. The maximum atomic E-state index is 12.2. The fraction of sp³-hybridized carbons (Fsp3) is 0.533. The van der Waals surface area contributed by atoms with Crippen LogP contribution in [0.4, 0.5) is 0 Å². The predicted octanol–water partition coefficient (Wildman–Crippen LogP) is 2.93. The van der Waals surface area contributed by atoms with Gasteiger partial charge in [0.05, 0.1) is 0 Å². The van der Waals surface area contributed by atoms with Gasteiger partial charge in [0.2, 0.25) is 5.91 Å². The molecule has 1 aliphatic rings. The smallest absolute Gasteiger partial charge is 0.222 e. The highest BCUT2D eigenvalue weighted by atomic mass is 79.9. The maximum absolute atomic E-state index is 12.2. The molecule has 1 fully saturated rings. The second kappa shape index (κ2) is 6.53. The molecule has 4 heteroatoms. The highest BCUT2D eigenvalue weighted by molar-refractivity contribution is 9.10. The zero-order valence-electron chi connectivity index (χ0n) is 11.3. The molecule has 0 spiro atoms. The van der Waals surface area contributed by atoms with E-state index in [1.807, 2.05) is 31.3 Å². The summed E-state index contributed by atoms with van der Waals surface area (Å²) in [6, 6.07) is 8.22. The van der Waals surface area contributed by atoms with Gasteiger partial charge in [0.25, 0.3) is 0 Å². The first kappa shape index (κ1) is 14.5. The van der Waals surface area contributed by atoms with Crippen molar-refractivity contribution in [1.82, 2.24) is 4.90 Å². The average molecular weight is 325 g/mol. The molecule has 0 bridgehead atoms. The molecule has 19 heavy (non-hydrogen) atoms. The van der Waals surface area contributed by atoms with Gasteiger partial charge in [-0.1, -0.05) is 40.5 Å². The molecular weight excluding hydrogens is 304 g/mol. The molecule has 0 unspecified atom stereocenters. The Bertz CT molecular complexity index is 450. The topological polar surface area (TPSA) is 46.3 Å². The summed E-state index contributed by atoms with van der Waals surface area (Å²) in [6.45, 7) is 0.641. The third-order valence-electron chi connectivity index (χ3n) is 3.95. The first-order valence-electron chi connectivity index (χ1n) is 6.81. The van der Waals surface area contributed by atoms with E-state index in [9.17, 15) is 4.79 Å². The maximum Gasteiger partial charge on any atom is 0.222 e. The molecule has 3 nitrogen and oxygen atoms in total. The van der Waals surface area contributed by atoms with Gasteiger partial charge in [0.15, 0.2) is 0 Å². The fourth-order valence-corrected chi connectivity index (χ4v) is 3.08. The Balaban J connectivity index is 1.91. The molecule has 0 heterocycles. The van der Waals surface area contributed by atoms with Gasteiger partial charge in [-0.15, -0.1) is 0 Å². The molecular formula is C15H21BrN2O. The molecule has 0 saturated heterocycles. The minimum Gasteiger partial charge on any atom is -0.341 e. The van der Waals surface area contributed by atoms with Crippen molar-refractivity contribution >= 4 is 21.8 Å². The van der Waals surface area contributed by atoms with Crippen LogP contribution in [0.3, 0.4) is 0 Å². The number of nitrogens with zero attached hydrogens (tertiary/aromatic N) is 1. The third kappa shape index (κ3) is 3.80. The SMILES string of the molecule is CN(Cc1ccccc1Br)C(=O)C[C@@H]1CCC[C@H]1N. The van der Waals surface area contributed by atoms with E-state index < -0.39 is 0 Å². The number of carbonyl (C=O) groups excluding carboxylic acids is 1. The van der Waals surface area contributed by atoms with Crippen molar-refractivity contribution in [3.05, 3.63) is 34.3 Å². The van der Waals surface area contributed by atoms with Gasteiger partial charge in [0, 0.05) is 30.5 Å². The van der Waals surface area contributed by atoms with Crippen LogP contribution in [0.2, 0.25) is 0 Å². The van der Waals surface area contributed by atoms with Crippen LogP contribution in [-0.2, 0) is 11.3 Å². The number of carbonyl (C=O) groups is 1. The van der Waals surface area contributed by atoms with E-state index in [4.69, 9.17) is 5.73 Å². The molecule has 104 valence electrons. The molecule has 1 aliphatic carbocycles. The highest BCUT2D eigenvalue weighted by Gasteiger charge is 2.27. The van der Waals surface area contributed by atoms with Crippen LogP contribution in [0.15, 0.2) is 28.7 Å². The largest absolute Gasteiger partial charge is 0.341 e. The summed E-state index contributed by atoms with van der Waals surface area (Å²) in [5, 5.41) is 0. The number of hydrogen-bond acceptors (Lipinski definition) is 2. The second-order valence-electron chi connectivity index (χ2n) is 5.40. The van der Waals surface area contributed by atoms with Gasteiger partial charge in [-0.3, -0.25) is 4.79 Å². The lowest BCUT2D eigenvalue weighted by Crippen LogP contribution is -2.32. The fourth-order valence-electron chi connectivity index (χ4n) is 2.67. The van der Waals surface area contributed by atoms with E-state index in [1.165, 1.54) is 0 Å². The molecule has 0 aromatic heterocycles. The normalized spacial score (nSPS) is 22.5. The minimum absolute atomic E-state index is 0.193. The van der Waals surface area contributed by atoms with Crippen LogP contribution in [0.25, 0.3) is 0 Å². The number of rotatable bonds is 4. The molecule has 1 aromatic rings. The van der Waals surface area contributed by atoms with E-state index in [2.05, 4.69) is 15.9 Å². The molecule has 1 amide bonds. The summed E-state index contributed by atoms with van der Waals surface area (Å²) in [6.07, 6.45) is 3.90. The molecule has 2 atom stereocenters. The number of hydrogen-bond donors (Lipinski definition) is 1. The minimum atomic E-state index is 0.193. The highest BCUT2D eigenvalue weighted by Crippen LogP contribution is 2.27. The van der Waals surface area contributed by atoms with Crippen molar-refractivity contribution in [3.8, 4) is 0 Å². The van der Waals surface area contributed by atoms with E-state index in [0.717, 1.165) is 29.3 Å². The lowest BCUT2D eigenvalue weighted by molar-refractivity contribution is -0.131. The zero-order chi connectivity index (χ0) is 13.8. The van der Waals surface area contributed by atoms with Crippen LogP contribution in [0.1, 0.15) is 31.2 Å². The summed E-state index contributed by atoms with van der Waals surface area (Å²) in [5.41, 5.74) is 7.16. The Morgan fingerprint density at radius 1 is 1.42 bits per heavy atom. The number of benzene rings is 1. The van der Waals surface area contributed by atoms with E-state index >= 15 is 0 Å². The molecule has 2 rings (SSSR count). The van der Waals surface area contributed by atoms with Crippen molar-refractivity contribution in [2.75, 3.05) is 7.05 Å². The third-order valence-corrected chi connectivity index (χ3v) is 4.72. The Morgan fingerprint density at radius 2 is 2.16 bits per heavy atom. The van der Waals surface area contributed by atoms with E-state index in [-0.39, 0.29) is 11.9 Å². The van der Waals surface area contributed by atoms with Crippen molar-refractivity contribution < 1.29 is 4.79 Å². The van der Waals surface area contributed by atoms with Gasteiger partial charge in [-0.2, -0.15) is 0 Å². The summed E-state index contributed by atoms with van der Waals surface area (Å²) < 4.78 is 1.05. The van der Waals surface area contributed by atoms with Crippen LogP contribution < -0.4 is 5.73 Å². The van der Waals surface area contributed by atoms with Gasteiger partial charge >= 0.3 is 0 Å². The lowest BCUT2D eigenvalue weighted by atomic mass is 9.99. The summed E-state index contributed by atoms with van der Waals surface area (Å²) in [4.78, 5) is 14.0. The first-order chi connectivity index (χ1) is 9.08. The second-order valence-corrected chi connectivity index (χ2v) is 6.25. The lowest BCUT2D eigenvalue weighted by Gasteiger charge is -2.21. The van der Waals surface area contributed by atoms with Gasteiger partial charge in [0.1, 0.15) is 0 Å². The van der Waals surface area contributed by atoms with Gasteiger partial charge in [-0.05, 0) is 30.4 Å². The van der Waals surface area contributed by atoms with Crippen molar-refractivity contribution in [2.45, 2.75) is 38.3 Å². The average Bonchev–Trinajstić information content (AvgIpc) is 2.78. The Labute approximate surface area is 123 Å². The Morgan fingerprint density at radius 3 is 2.79 bits per heavy atom. The van der Waals surface area contributed by atoms with Crippen LogP contribution in [0.5, 0.6) is 0 Å². The molecule has 1 aromatic carbocycles. The quantitative estimate of drug-likeness (QED) is 0.925. The van der Waals surface area contributed by atoms with Crippen molar-refractivity contribution in [2.24, 2.45) is 11.7 Å². The van der Waals surface area contributed by atoms with Gasteiger partial charge in [-0.25, -0.2) is 0 Å². The van der Waals surface area contributed by atoms with Crippen molar-refractivity contribution in [3.63, 3.8) is 0 Å². The van der Waals surface area contributed by atoms with Crippen molar-refractivity contribution in [1.29, 1.82) is 0 Å². The summed E-state index contributed by atoms with van der Waals surface area (Å²) in [7, 11) is 1.86.